The molecule has 0 aliphatic rings. The molecule has 0 radical (unpaired) electrons. The zero-order valence-electron chi connectivity index (χ0n) is 16.5. The van der Waals surface area contributed by atoms with Crippen molar-refractivity contribution in [3.8, 4) is 5.75 Å². The minimum absolute atomic E-state index is 0.0239. The van der Waals surface area contributed by atoms with Crippen molar-refractivity contribution in [2.45, 2.75) is 52.3 Å². The SMILES string of the molecule is COc1cc(C)c(C(C)NS(=O)(=O)Cc2ccc(C)cc2)cc1C(C)C. The zero-order chi connectivity index (χ0) is 19.5. The number of hydrogen-bond donors (Lipinski definition) is 1. The minimum atomic E-state index is -3.44. The van der Waals surface area contributed by atoms with E-state index in [2.05, 4.69) is 24.6 Å². The van der Waals surface area contributed by atoms with E-state index in [-0.39, 0.29) is 11.8 Å². The molecule has 2 aromatic rings. The van der Waals surface area contributed by atoms with Crippen LogP contribution < -0.4 is 9.46 Å². The highest BCUT2D eigenvalue weighted by Gasteiger charge is 2.20. The van der Waals surface area contributed by atoms with E-state index in [0.717, 1.165) is 33.6 Å². The van der Waals surface area contributed by atoms with Gasteiger partial charge in [-0.05, 0) is 61.1 Å². The van der Waals surface area contributed by atoms with E-state index in [1.165, 1.54) is 0 Å². The van der Waals surface area contributed by atoms with E-state index in [4.69, 9.17) is 4.74 Å². The van der Waals surface area contributed by atoms with E-state index in [1.54, 1.807) is 7.11 Å². The molecule has 0 heterocycles. The Kier molecular flexibility index (Phi) is 6.48. The molecule has 0 amide bonds. The Morgan fingerprint density at radius 3 is 2.15 bits per heavy atom. The molecule has 0 saturated heterocycles. The molecule has 5 heteroatoms. The van der Waals surface area contributed by atoms with Crippen LogP contribution in [0.25, 0.3) is 0 Å². The van der Waals surface area contributed by atoms with Gasteiger partial charge in [0, 0.05) is 6.04 Å². The van der Waals surface area contributed by atoms with Crippen LogP contribution in [0, 0.1) is 13.8 Å². The maximum absolute atomic E-state index is 12.6. The van der Waals surface area contributed by atoms with Gasteiger partial charge in [0.1, 0.15) is 5.75 Å². The third-order valence-electron chi connectivity index (χ3n) is 4.54. The van der Waals surface area contributed by atoms with Crippen molar-refractivity contribution in [3.63, 3.8) is 0 Å². The number of nitrogens with one attached hydrogen (secondary N) is 1. The van der Waals surface area contributed by atoms with Crippen LogP contribution >= 0.6 is 0 Å². The molecule has 0 bridgehead atoms. The predicted molar refractivity (Wildman–Crippen MR) is 107 cm³/mol. The molecule has 0 fully saturated rings. The largest absolute Gasteiger partial charge is 0.496 e. The second kappa shape index (κ2) is 8.23. The average molecular weight is 376 g/mol. The van der Waals surface area contributed by atoms with Crippen LogP contribution in [0.5, 0.6) is 5.75 Å². The van der Waals surface area contributed by atoms with Crippen LogP contribution in [0.1, 0.15) is 60.5 Å². The number of methoxy groups -OCH3 is 1. The van der Waals surface area contributed by atoms with Crippen LogP contribution in [0.4, 0.5) is 0 Å². The highest BCUT2D eigenvalue weighted by molar-refractivity contribution is 7.88. The Morgan fingerprint density at radius 2 is 1.62 bits per heavy atom. The summed E-state index contributed by atoms with van der Waals surface area (Å²) in [6.07, 6.45) is 0. The molecule has 0 aliphatic heterocycles. The fraction of sp³-hybridized carbons (Fsp3) is 0.429. The molecule has 1 atom stereocenters. The van der Waals surface area contributed by atoms with Crippen LogP contribution in [-0.4, -0.2) is 15.5 Å². The molecule has 0 saturated carbocycles. The Morgan fingerprint density at radius 1 is 1.00 bits per heavy atom. The van der Waals surface area contributed by atoms with Gasteiger partial charge >= 0.3 is 0 Å². The summed E-state index contributed by atoms with van der Waals surface area (Å²) in [6, 6.07) is 11.3. The first-order valence-corrected chi connectivity index (χ1v) is 10.5. The fourth-order valence-electron chi connectivity index (χ4n) is 3.09. The van der Waals surface area contributed by atoms with Gasteiger partial charge in [-0.1, -0.05) is 43.7 Å². The molecule has 0 aromatic heterocycles. The van der Waals surface area contributed by atoms with Gasteiger partial charge in [0.05, 0.1) is 12.9 Å². The first kappa shape index (κ1) is 20.5. The summed E-state index contributed by atoms with van der Waals surface area (Å²) in [4.78, 5) is 0. The summed E-state index contributed by atoms with van der Waals surface area (Å²) < 4.78 is 33.5. The fourth-order valence-corrected chi connectivity index (χ4v) is 4.47. The van der Waals surface area contributed by atoms with Crippen LogP contribution in [0.15, 0.2) is 36.4 Å². The first-order chi connectivity index (χ1) is 12.1. The van der Waals surface area contributed by atoms with E-state index >= 15 is 0 Å². The van der Waals surface area contributed by atoms with Crippen LogP contribution in [-0.2, 0) is 15.8 Å². The van der Waals surface area contributed by atoms with Gasteiger partial charge in [-0.15, -0.1) is 0 Å². The normalized spacial score (nSPS) is 13.0. The smallest absolute Gasteiger partial charge is 0.216 e. The molecular weight excluding hydrogens is 346 g/mol. The number of rotatable bonds is 7. The highest BCUT2D eigenvalue weighted by Crippen LogP contribution is 2.32. The first-order valence-electron chi connectivity index (χ1n) is 8.87. The Hall–Kier alpha value is -1.85. The standard InChI is InChI=1S/C21H29NO3S/c1-14(2)19-12-20(16(4)11-21(19)25-6)17(5)22-26(23,24)13-18-9-7-15(3)8-10-18/h7-12,14,17,22H,13H2,1-6H3. The Bertz CT molecular complexity index is 856. The predicted octanol–water partition coefficient (Wildman–Crippen LogP) is 4.62. The summed E-state index contributed by atoms with van der Waals surface area (Å²) in [7, 11) is -1.78. The Balaban J connectivity index is 2.24. The monoisotopic (exact) mass is 375 g/mol. The van der Waals surface area contributed by atoms with Crippen molar-refractivity contribution in [2.75, 3.05) is 7.11 Å². The molecule has 26 heavy (non-hydrogen) atoms. The molecular formula is C21H29NO3S. The van der Waals surface area contributed by atoms with Gasteiger partial charge in [-0.25, -0.2) is 13.1 Å². The summed E-state index contributed by atoms with van der Waals surface area (Å²) in [5.74, 6) is 1.11. The number of sulfonamides is 1. The van der Waals surface area contributed by atoms with Gasteiger partial charge in [0.2, 0.25) is 10.0 Å². The summed E-state index contributed by atoms with van der Waals surface area (Å²) in [5.41, 5.74) is 4.96. The molecule has 1 N–H and O–H groups in total. The minimum Gasteiger partial charge on any atom is -0.496 e. The summed E-state index contributed by atoms with van der Waals surface area (Å²) >= 11 is 0. The maximum atomic E-state index is 12.6. The summed E-state index contributed by atoms with van der Waals surface area (Å²) in [6.45, 7) is 10.0. The molecule has 4 nitrogen and oxygen atoms in total. The lowest BCUT2D eigenvalue weighted by Crippen LogP contribution is -2.28. The lowest BCUT2D eigenvalue weighted by atomic mass is 9.94. The van der Waals surface area contributed by atoms with Crippen molar-refractivity contribution in [2.24, 2.45) is 0 Å². The lowest BCUT2D eigenvalue weighted by molar-refractivity contribution is 0.406. The van der Waals surface area contributed by atoms with Gasteiger partial charge in [0.25, 0.3) is 0 Å². The van der Waals surface area contributed by atoms with Gasteiger partial charge in [-0.3, -0.25) is 0 Å². The van der Waals surface area contributed by atoms with Crippen LogP contribution in [0.2, 0.25) is 0 Å². The third kappa shape index (κ3) is 5.08. The number of ether oxygens (including phenoxy) is 1. The van der Waals surface area contributed by atoms with E-state index in [9.17, 15) is 8.42 Å². The van der Waals surface area contributed by atoms with Crippen molar-refractivity contribution in [3.05, 3.63) is 64.2 Å². The number of benzene rings is 2. The van der Waals surface area contributed by atoms with Crippen molar-refractivity contribution < 1.29 is 13.2 Å². The van der Waals surface area contributed by atoms with E-state index < -0.39 is 10.0 Å². The van der Waals surface area contributed by atoms with Gasteiger partial charge in [0.15, 0.2) is 0 Å². The Labute approximate surface area is 157 Å². The zero-order valence-corrected chi connectivity index (χ0v) is 17.3. The second-order valence-electron chi connectivity index (χ2n) is 7.19. The quantitative estimate of drug-likeness (QED) is 0.768. The highest BCUT2D eigenvalue weighted by atomic mass is 32.2. The molecule has 2 rings (SSSR count). The second-order valence-corrected chi connectivity index (χ2v) is 8.94. The topological polar surface area (TPSA) is 55.4 Å². The molecule has 0 aliphatic carbocycles. The van der Waals surface area contributed by atoms with Crippen molar-refractivity contribution in [1.82, 2.24) is 4.72 Å². The van der Waals surface area contributed by atoms with Crippen LogP contribution in [0.3, 0.4) is 0 Å². The van der Waals surface area contributed by atoms with Gasteiger partial charge in [-0.2, -0.15) is 0 Å². The van der Waals surface area contributed by atoms with E-state index in [1.807, 2.05) is 51.1 Å². The van der Waals surface area contributed by atoms with E-state index in [0.29, 0.717) is 5.92 Å². The number of hydrogen-bond acceptors (Lipinski definition) is 3. The maximum Gasteiger partial charge on any atom is 0.216 e. The molecule has 1 unspecified atom stereocenters. The third-order valence-corrected chi connectivity index (χ3v) is 5.97. The average Bonchev–Trinajstić information content (AvgIpc) is 2.55. The molecule has 0 spiro atoms. The van der Waals surface area contributed by atoms with Gasteiger partial charge < -0.3 is 4.74 Å². The lowest BCUT2D eigenvalue weighted by Gasteiger charge is -2.21. The molecule has 2 aromatic carbocycles. The van der Waals surface area contributed by atoms with Crippen molar-refractivity contribution >= 4 is 10.0 Å². The summed E-state index contributed by atoms with van der Waals surface area (Å²) in [5, 5.41) is 0. The van der Waals surface area contributed by atoms with Crippen molar-refractivity contribution in [1.29, 1.82) is 0 Å². The molecule has 142 valence electrons. The number of aryl methyl sites for hydroxylation is 2.